The molecule has 2 aromatic carbocycles. The molecule has 0 aliphatic carbocycles. The molecule has 0 aliphatic rings. The van der Waals surface area contributed by atoms with Gasteiger partial charge in [-0.2, -0.15) is 4.72 Å². The number of carbonyl (C=O) groups is 2. The van der Waals surface area contributed by atoms with E-state index in [4.69, 9.17) is 9.94 Å². The molecule has 0 radical (unpaired) electrons. The van der Waals surface area contributed by atoms with Crippen molar-refractivity contribution in [2.75, 3.05) is 13.2 Å². The Labute approximate surface area is 202 Å². The van der Waals surface area contributed by atoms with E-state index in [-0.39, 0.29) is 30.9 Å². The third kappa shape index (κ3) is 6.80. The van der Waals surface area contributed by atoms with Crippen LogP contribution in [0.3, 0.4) is 0 Å². The van der Waals surface area contributed by atoms with Crippen LogP contribution in [-0.2, 0) is 14.8 Å². The molecule has 3 rings (SSSR count). The third-order valence-corrected chi connectivity index (χ3v) is 6.45. The molecular formula is C23H25N5O6S. The number of nitrogens with one attached hydrogen (secondary N) is 3. The van der Waals surface area contributed by atoms with E-state index in [1.807, 2.05) is 6.07 Å². The summed E-state index contributed by atoms with van der Waals surface area (Å²) < 4.78 is 34.5. The minimum atomic E-state index is -4.07. The van der Waals surface area contributed by atoms with E-state index < -0.39 is 28.0 Å². The van der Waals surface area contributed by atoms with E-state index >= 15 is 0 Å². The van der Waals surface area contributed by atoms with Gasteiger partial charge in [-0.25, -0.2) is 23.7 Å². The van der Waals surface area contributed by atoms with Crippen LogP contribution in [-0.4, -0.2) is 54.3 Å². The SMILES string of the molecule is CC#CCOc1ccc(S(=O)(=O)N[C@H](CCCNC(=O)n2cnc3ccccc32)C(=O)NO)cc1. The Morgan fingerprint density at radius 1 is 1.17 bits per heavy atom. The fourth-order valence-corrected chi connectivity index (χ4v) is 4.42. The number of ether oxygens (including phenoxy) is 1. The molecule has 0 spiro atoms. The Morgan fingerprint density at radius 3 is 2.63 bits per heavy atom. The molecule has 35 heavy (non-hydrogen) atoms. The summed E-state index contributed by atoms with van der Waals surface area (Å²) in [6.07, 6.45) is 1.68. The number of hydroxylamine groups is 1. The fourth-order valence-electron chi connectivity index (χ4n) is 3.19. The molecule has 0 bridgehead atoms. The number of fused-ring (bicyclic) bond motifs is 1. The van der Waals surface area contributed by atoms with Gasteiger partial charge in [-0.3, -0.25) is 14.6 Å². The van der Waals surface area contributed by atoms with E-state index in [1.165, 1.54) is 40.6 Å². The average molecular weight is 500 g/mol. The Balaban J connectivity index is 1.57. The molecule has 2 amide bonds. The summed E-state index contributed by atoms with van der Waals surface area (Å²) in [6.45, 7) is 2.02. The van der Waals surface area contributed by atoms with Crippen molar-refractivity contribution in [3.63, 3.8) is 0 Å². The first kappa shape index (κ1) is 25.7. The maximum absolute atomic E-state index is 12.7. The number of nitrogens with zero attached hydrogens (tertiary/aromatic N) is 2. The highest BCUT2D eigenvalue weighted by molar-refractivity contribution is 7.89. The van der Waals surface area contributed by atoms with Crippen LogP contribution in [0.4, 0.5) is 4.79 Å². The second kappa shape index (κ2) is 12.0. The Kier molecular flexibility index (Phi) is 8.80. The smallest absolute Gasteiger partial charge is 0.327 e. The molecule has 11 nitrogen and oxygen atoms in total. The molecule has 0 aliphatic heterocycles. The number of benzene rings is 2. The lowest BCUT2D eigenvalue weighted by molar-refractivity contribution is -0.131. The zero-order valence-electron chi connectivity index (χ0n) is 18.9. The predicted molar refractivity (Wildman–Crippen MR) is 127 cm³/mol. The standard InChI is InChI=1S/C23H25N5O6S/c1-2-3-15-34-17-10-12-18(13-11-17)35(32,33)27-20(22(29)26-31)8-6-14-24-23(30)28-16-25-19-7-4-5-9-21(19)28/h4-5,7,9-13,16,20,27,31H,6,8,14-15H2,1H3,(H,24,30)(H,26,29)/t20-/m1/s1. The maximum atomic E-state index is 12.7. The molecule has 4 N–H and O–H groups in total. The van der Waals surface area contributed by atoms with E-state index in [2.05, 4.69) is 26.9 Å². The second-order valence-corrected chi connectivity index (χ2v) is 9.03. The topological polar surface area (TPSA) is 152 Å². The van der Waals surface area contributed by atoms with E-state index in [9.17, 15) is 18.0 Å². The molecule has 0 unspecified atom stereocenters. The van der Waals surface area contributed by atoms with Gasteiger partial charge in [-0.05, 0) is 56.2 Å². The first-order valence-electron chi connectivity index (χ1n) is 10.6. The number of para-hydroxylation sites is 2. The van der Waals surface area contributed by atoms with Crippen LogP contribution in [0.2, 0.25) is 0 Å². The highest BCUT2D eigenvalue weighted by Gasteiger charge is 2.25. The van der Waals surface area contributed by atoms with Crippen LogP contribution < -0.4 is 20.3 Å². The van der Waals surface area contributed by atoms with Gasteiger partial charge in [0.25, 0.3) is 5.91 Å². The summed E-state index contributed by atoms with van der Waals surface area (Å²) in [5.41, 5.74) is 2.79. The zero-order valence-corrected chi connectivity index (χ0v) is 19.7. The first-order valence-corrected chi connectivity index (χ1v) is 12.1. The molecule has 1 aromatic heterocycles. The second-order valence-electron chi connectivity index (χ2n) is 7.31. The van der Waals surface area contributed by atoms with Crippen LogP contribution in [0.25, 0.3) is 11.0 Å². The number of rotatable bonds is 10. The van der Waals surface area contributed by atoms with Crippen LogP contribution in [0, 0.1) is 11.8 Å². The lowest BCUT2D eigenvalue weighted by Gasteiger charge is -2.17. The molecule has 0 fully saturated rings. The number of amides is 2. The van der Waals surface area contributed by atoms with Gasteiger partial charge in [0.15, 0.2) is 0 Å². The molecular weight excluding hydrogens is 474 g/mol. The van der Waals surface area contributed by atoms with Crippen LogP contribution in [0.1, 0.15) is 19.8 Å². The molecule has 0 saturated heterocycles. The Bertz CT molecular complexity index is 1340. The van der Waals surface area contributed by atoms with Crippen molar-refractivity contribution in [2.24, 2.45) is 0 Å². The summed E-state index contributed by atoms with van der Waals surface area (Å²) in [5, 5.41) is 11.7. The molecule has 12 heteroatoms. The van der Waals surface area contributed by atoms with Crippen molar-refractivity contribution in [1.29, 1.82) is 0 Å². The van der Waals surface area contributed by atoms with Crippen molar-refractivity contribution < 1.29 is 28.0 Å². The van der Waals surface area contributed by atoms with Crippen molar-refractivity contribution in [3.8, 4) is 17.6 Å². The van der Waals surface area contributed by atoms with Crippen molar-refractivity contribution in [3.05, 3.63) is 54.9 Å². The summed E-state index contributed by atoms with van der Waals surface area (Å²) in [6, 6.07) is 11.1. The number of hydrogen-bond acceptors (Lipinski definition) is 7. The molecule has 3 aromatic rings. The molecule has 184 valence electrons. The normalized spacial score (nSPS) is 11.8. The van der Waals surface area contributed by atoms with Gasteiger partial charge in [0, 0.05) is 6.54 Å². The Morgan fingerprint density at radius 2 is 1.91 bits per heavy atom. The number of hydrogen-bond donors (Lipinski definition) is 4. The predicted octanol–water partition coefficient (Wildman–Crippen LogP) is 1.63. The van der Waals surface area contributed by atoms with Crippen LogP contribution in [0.5, 0.6) is 5.75 Å². The first-order chi connectivity index (χ1) is 16.9. The zero-order chi connectivity index (χ0) is 25.3. The van der Waals surface area contributed by atoms with Gasteiger partial charge in [0.2, 0.25) is 10.0 Å². The number of imidazole rings is 1. The highest BCUT2D eigenvalue weighted by Crippen LogP contribution is 2.17. The lowest BCUT2D eigenvalue weighted by Crippen LogP contribution is -2.46. The third-order valence-electron chi connectivity index (χ3n) is 4.96. The summed E-state index contributed by atoms with van der Waals surface area (Å²) in [7, 11) is -4.07. The highest BCUT2D eigenvalue weighted by atomic mass is 32.2. The van der Waals surface area contributed by atoms with Gasteiger partial charge in [0.1, 0.15) is 24.7 Å². The summed E-state index contributed by atoms with van der Waals surface area (Å²) in [4.78, 5) is 28.6. The quantitative estimate of drug-likeness (QED) is 0.143. The van der Waals surface area contributed by atoms with E-state index in [0.29, 0.717) is 16.8 Å². The van der Waals surface area contributed by atoms with Gasteiger partial charge in [0.05, 0.1) is 15.9 Å². The van der Waals surface area contributed by atoms with E-state index in [1.54, 1.807) is 25.1 Å². The average Bonchev–Trinajstić information content (AvgIpc) is 3.30. The number of aromatic nitrogens is 2. The van der Waals surface area contributed by atoms with Crippen molar-refractivity contribution in [1.82, 2.24) is 25.1 Å². The fraction of sp³-hybridized carbons (Fsp3) is 0.261. The largest absolute Gasteiger partial charge is 0.481 e. The molecule has 0 saturated carbocycles. The summed E-state index contributed by atoms with van der Waals surface area (Å²) >= 11 is 0. The van der Waals surface area contributed by atoms with Gasteiger partial charge >= 0.3 is 6.03 Å². The number of sulfonamides is 1. The van der Waals surface area contributed by atoms with Crippen molar-refractivity contribution >= 4 is 33.0 Å². The van der Waals surface area contributed by atoms with Crippen LogP contribution in [0.15, 0.2) is 59.8 Å². The molecule has 1 heterocycles. The lowest BCUT2D eigenvalue weighted by atomic mass is 10.1. The number of carbonyl (C=O) groups excluding carboxylic acids is 2. The molecule has 1 atom stereocenters. The van der Waals surface area contributed by atoms with Gasteiger partial charge < -0.3 is 10.1 Å². The van der Waals surface area contributed by atoms with Crippen LogP contribution >= 0.6 is 0 Å². The Hall–Kier alpha value is -3.92. The van der Waals surface area contributed by atoms with E-state index in [0.717, 1.165) is 0 Å². The minimum absolute atomic E-state index is 0.0213. The van der Waals surface area contributed by atoms with Gasteiger partial charge in [-0.1, -0.05) is 18.1 Å². The monoisotopic (exact) mass is 499 g/mol. The van der Waals surface area contributed by atoms with Crippen molar-refractivity contribution in [2.45, 2.75) is 30.7 Å². The summed E-state index contributed by atoms with van der Waals surface area (Å²) in [5.74, 6) is 4.94. The maximum Gasteiger partial charge on any atom is 0.327 e. The minimum Gasteiger partial charge on any atom is -0.481 e. The van der Waals surface area contributed by atoms with Gasteiger partial charge in [-0.15, -0.1) is 5.92 Å².